The van der Waals surface area contributed by atoms with E-state index in [1.165, 1.54) is 0 Å². The summed E-state index contributed by atoms with van der Waals surface area (Å²) >= 11 is 0. The molecule has 4 N–H and O–H groups in total. The highest BCUT2D eigenvalue weighted by molar-refractivity contribution is 5.69. The molecule has 0 spiro atoms. The van der Waals surface area contributed by atoms with Crippen LogP contribution in [0.25, 0.3) is 0 Å². The summed E-state index contributed by atoms with van der Waals surface area (Å²) in [5.74, 6) is -1.72. The molecule has 1 heterocycles. The van der Waals surface area contributed by atoms with Gasteiger partial charge in [-0.25, -0.2) is 13.8 Å². The molecule has 0 saturated heterocycles. The first-order chi connectivity index (χ1) is 7.22. The Balaban J connectivity index is 3.26. The standard InChI is InChI=1S/C7H6F5N3O/c8-5(9)2-1-15-6(14)3(13)4(2)16-7(10,11)12/h1,5H,13H2,(H2,14,15). The molecule has 0 aliphatic carbocycles. The van der Waals surface area contributed by atoms with Gasteiger partial charge < -0.3 is 16.2 Å². The Morgan fingerprint density at radius 2 is 1.81 bits per heavy atom. The molecule has 90 valence electrons. The minimum Gasteiger partial charge on any atom is -0.403 e. The van der Waals surface area contributed by atoms with Gasteiger partial charge in [-0.1, -0.05) is 0 Å². The van der Waals surface area contributed by atoms with Gasteiger partial charge in [-0.2, -0.15) is 0 Å². The molecule has 0 atom stereocenters. The first kappa shape index (κ1) is 12.3. The quantitative estimate of drug-likeness (QED) is 0.780. The van der Waals surface area contributed by atoms with Crippen LogP contribution in [0.4, 0.5) is 33.5 Å². The number of alkyl halides is 5. The van der Waals surface area contributed by atoms with Gasteiger partial charge in [-0.15, -0.1) is 13.2 Å². The highest BCUT2D eigenvalue weighted by Gasteiger charge is 2.35. The Hall–Kier alpha value is -1.80. The van der Waals surface area contributed by atoms with Crippen LogP contribution in [0.5, 0.6) is 5.75 Å². The lowest BCUT2D eigenvalue weighted by molar-refractivity contribution is -0.274. The maximum Gasteiger partial charge on any atom is 0.573 e. The van der Waals surface area contributed by atoms with Gasteiger partial charge in [0.25, 0.3) is 6.43 Å². The minimum atomic E-state index is -5.13. The normalized spacial score (nSPS) is 11.9. The van der Waals surface area contributed by atoms with Gasteiger partial charge in [0, 0.05) is 6.20 Å². The van der Waals surface area contributed by atoms with E-state index in [-0.39, 0.29) is 0 Å². The molecular weight excluding hydrogens is 237 g/mol. The number of anilines is 2. The molecule has 0 saturated carbocycles. The summed E-state index contributed by atoms with van der Waals surface area (Å²) in [6.45, 7) is 0. The molecule has 0 aliphatic rings. The first-order valence-electron chi connectivity index (χ1n) is 3.80. The van der Waals surface area contributed by atoms with Gasteiger partial charge in [-0.3, -0.25) is 0 Å². The van der Waals surface area contributed by atoms with E-state index >= 15 is 0 Å². The Morgan fingerprint density at radius 3 is 2.25 bits per heavy atom. The van der Waals surface area contributed by atoms with Crippen molar-refractivity contribution in [3.05, 3.63) is 11.8 Å². The van der Waals surface area contributed by atoms with Gasteiger partial charge in [-0.05, 0) is 0 Å². The lowest BCUT2D eigenvalue weighted by Gasteiger charge is -2.15. The summed E-state index contributed by atoms with van der Waals surface area (Å²) in [6.07, 6.45) is -7.85. The fourth-order valence-electron chi connectivity index (χ4n) is 0.924. The lowest BCUT2D eigenvalue weighted by atomic mass is 10.2. The van der Waals surface area contributed by atoms with Crippen LogP contribution in [0.15, 0.2) is 6.20 Å². The van der Waals surface area contributed by atoms with E-state index in [9.17, 15) is 22.0 Å². The molecule has 0 fully saturated rings. The van der Waals surface area contributed by atoms with Gasteiger partial charge in [0.2, 0.25) is 0 Å². The summed E-state index contributed by atoms with van der Waals surface area (Å²) in [4.78, 5) is 3.22. The predicted molar refractivity (Wildman–Crippen MR) is 44.7 cm³/mol. The van der Waals surface area contributed by atoms with E-state index in [1.807, 2.05) is 0 Å². The van der Waals surface area contributed by atoms with E-state index in [2.05, 4.69) is 9.72 Å². The van der Waals surface area contributed by atoms with Crippen molar-refractivity contribution >= 4 is 11.5 Å². The second-order valence-corrected chi connectivity index (χ2v) is 2.69. The van der Waals surface area contributed by atoms with E-state index in [4.69, 9.17) is 11.5 Å². The first-order valence-corrected chi connectivity index (χ1v) is 3.80. The molecule has 1 aromatic rings. The van der Waals surface area contributed by atoms with Crippen molar-refractivity contribution < 1.29 is 26.7 Å². The Labute approximate surface area is 86.0 Å². The van der Waals surface area contributed by atoms with Crippen molar-refractivity contribution in [2.45, 2.75) is 12.8 Å². The summed E-state index contributed by atoms with van der Waals surface area (Å²) in [5.41, 5.74) is 8.33. The largest absolute Gasteiger partial charge is 0.573 e. The monoisotopic (exact) mass is 243 g/mol. The van der Waals surface area contributed by atoms with Crippen LogP contribution in [0.2, 0.25) is 0 Å². The van der Waals surface area contributed by atoms with Crippen LogP contribution in [0.1, 0.15) is 12.0 Å². The topological polar surface area (TPSA) is 74.2 Å². The highest BCUT2D eigenvalue weighted by atomic mass is 19.4. The van der Waals surface area contributed by atoms with Crippen LogP contribution in [-0.2, 0) is 0 Å². The average Bonchev–Trinajstić information content (AvgIpc) is 2.10. The number of hydrogen-bond acceptors (Lipinski definition) is 4. The van der Waals surface area contributed by atoms with Crippen molar-refractivity contribution in [2.75, 3.05) is 11.5 Å². The van der Waals surface area contributed by atoms with Gasteiger partial charge in [0.15, 0.2) is 5.75 Å². The van der Waals surface area contributed by atoms with Crippen molar-refractivity contribution in [3.63, 3.8) is 0 Å². The Bertz CT molecular complexity index is 392. The number of hydrogen-bond donors (Lipinski definition) is 2. The molecule has 16 heavy (non-hydrogen) atoms. The SMILES string of the molecule is Nc1ncc(C(F)F)c(OC(F)(F)F)c1N. The predicted octanol–water partition coefficient (Wildman–Crippen LogP) is 2.08. The number of nitrogen functional groups attached to an aromatic ring is 2. The smallest absolute Gasteiger partial charge is 0.403 e. The van der Waals surface area contributed by atoms with Crippen molar-refractivity contribution in [2.24, 2.45) is 0 Å². The third-order valence-electron chi connectivity index (χ3n) is 1.58. The van der Waals surface area contributed by atoms with Crippen molar-refractivity contribution in [3.8, 4) is 5.75 Å². The van der Waals surface area contributed by atoms with Gasteiger partial charge >= 0.3 is 6.36 Å². The summed E-state index contributed by atoms with van der Waals surface area (Å²) < 4.78 is 63.8. The number of ether oxygens (including phenoxy) is 1. The van der Waals surface area contributed by atoms with Crippen LogP contribution >= 0.6 is 0 Å². The molecule has 1 rings (SSSR count). The van der Waals surface area contributed by atoms with Gasteiger partial charge in [0.1, 0.15) is 11.5 Å². The molecule has 0 radical (unpaired) electrons. The second-order valence-electron chi connectivity index (χ2n) is 2.69. The Morgan fingerprint density at radius 1 is 1.25 bits per heavy atom. The molecule has 1 aromatic heterocycles. The molecule has 9 heteroatoms. The van der Waals surface area contributed by atoms with Crippen LogP contribution in [-0.4, -0.2) is 11.3 Å². The van der Waals surface area contributed by atoms with E-state index < -0.39 is 35.6 Å². The fourth-order valence-corrected chi connectivity index (χ4v) is 0.924. The fraction of sp³-hybridized carbons (Fsp3) is 0.286. The highest BCUT2D eigenvalue weighted by Crippen LogP contribution is 2.38. The number of nitrogens with zero attached hydrogens (tertiary/aromatic N) is 1. The number of rotatable bonds is 2. The number of nitrogens with two attached hydrogens (primary N) is 2. The Kier molecular flexibility index (Phi) is 3.06. The van der Waals surface area contributed by atoms with E-state index in [0.29, 0.717) is 6.20 Å². The maximum absolute atomic E-state index is 12.3. The minimum absolute atomic E-state index is 0.484. The van der Waals surface area contributed by atoms with Crippen LogP contribution in [0, 0.1) is 0 Å². The summed E-state index contributed by atoms with van der Waals surface area (Å²) in [6, 6.07) is 0. The summed E-state index contributed by atoms with van der Waals surface area (Å²) in [5, 5.41) is 0. The second kappa shape index (κ2) is 3.99. The van der Waals surface area contributed by atoms with Gasteiger partial charge in [0.05, 0.1) is 5.56 Å². The third kappa shape index (κ3) is 2.61. The molecular formula is C7H6F5N3O. The molecule has 0 unspecified atom stereocenters. The van der Waals surface area contributed by atoms with Crippen molar-refractivity contribution in [1.29, 1.82) is 0 Å². The maximum atomic E-state index is 12.3. The number of aromatic nitrogens is 1. The zero-order valence-corrected chi connectivity index (χ0v) is 7.55. The van der Waals surface area contributed by atoms with E-state index in [1.54, 1.807) is 0 Å². The van der Waals surface area contributed by atoms with Crippen molar-refractivity contribution in [1.82, 2.24) is 4.98 Å². The third-order valence-corrected chi connectivity index (χ3v) is 1.58. The molecule has 0 aliphatic heterocycles. The zero-order chi connectivity index (χ0) is 12.5. The molecule has 4 nitrogen and oxygen atoms in total. The lowest BCUT2D eigenvalue weighted by Crippen LogP contribution is -2.20. The molecule has 0 aromatic carbocycles. The van der Waals surface area contributed by atoms with Crippen LogP contribution < -0.4 is 16.2 Å². The molecule has 0 amide bonds. The summed E-state index contributed by atoms with van der Waals surface area (Å²) in [7, 11) is 0. The molecule has 0 bridgehead atoms. The number of halogens is 5. The van der Waals surface area contributed by atoms with E-state index in [0.717, 1.165) is 0 Å². The van der Waals surface area contributed by atoms with Crippen LogP contribution in [0.3, 0.4) is 0 Å². The average molecular weight is 243 g/mol. The number of pyridine rings is 1. The zero-order valence-electron chi connectivity index (χ0n) is 7.55.